The van der Waals surface area contributed by atoms with Crippen molar-refractivity contribution in [2.24, 2.45) is 5.73 Å². The normalized spacial score (nSPS) is 18.4. The van der Waals surface area contributed by atoms with Crippen molar-refractivity contribution in [2.75, 3.05) is 44.3 Å². The number of rotatable bonds is 12. The number of primary amides is 1. The first-order chi connectivity index (χ1) is 17.3. The summed E-state index contributed by atoms with van der Waals surface area (Å²) >= 11 is 0. The maximum Gasteiger partial charge on any atom is 0.323 e. The third-order valence-electron chi connectivity index (χ3n) is 6.47. The fourth-order valence-corrected chi connectivity index (χ4v) is 4.66. The molecule has 4 N–H and O–H groups in total. The number of anilines is 3. The monoisotopic (exact) mass is 499 g/mol. The molecule has 0 radical (unpaired) electrons. The van der Waals surface area contributed by atoms with Gasteiger partial charge >= 0.3 is 12.0 Å². The standard InChI is InChI=1S/C27H37N3O6/c1-18-6-4-5-7-24(18)30(27(28)33)25-14-19(20(17-35-3)15-26(31)32)8-9-23(25)29-21-10-13-36-22(16-21)11-12-34-2/h4-9,14,20-22,29H,10-13,15-17H2,1-3H3,(H2,28,33)(H,31,32). The van der Waals surface area contributed by atoms with Gasteiger partial charge in [-0.15, -0.1) is 0 Å². The molecule has 1 aliphatic heterocycles. The van der Waals surface area contributed by atoms with Crippen molar-refractivity contribution >= 4 is 29.1 Å². The summed E-state index contributed by atoms with van der Waals surface area (Å²) in [6.45, 7) is 3.41. The molecule has 3 rings (SSSR count). The number of nitrogens with two attached hydrogens (primary N) is 1. The fourth-order valence-electron chi connectivity index (χ4n) is 4.66. The minimum absolute atomic E-state index is 0.0872. The molecule has 3 unspecified atom stereocenters. The van der Waals surface area contributed by atoms with Crippen molar-refractivity contribution in [1.29, 1.82) is 0 Å². The average Bonchev–Trinajstić information content (AvgIpc) is 2.84. The van der Waals surface area contributed by atoms with E-state index in [-0.39, 0.29) is 31.1 Å². The molecule has 196 valence electrons. The number of aliphatic carboxylic acids is 1. The lowest BCUT2D eigenvalue weighted by Gasteiger charge is -2.33. The van der Waals surface area contributed by atoms with Crippen molar-refractivity contribution in [3.63, 3.8) is 0 Å². The molecule has 0 spiro atoms. The molecule has 9 nitrogen and oxygen atoms in total. The molecule has 1 heterocycles. The largest absolute Gasteiger partial charge is 0.481 e. The number of hydrogen-bond donors (Lipinski definition) is 3. The molecule has 2 amide bonds. The summed E-state index contributed by atoms with van der Waals surface area (Å²) in [7, 11) is 3.22. The van der Waals surface area contributed by atoms with Crippen molar-refractivity contribution in [3.8, 4) is 0 Å². The molecule has 1 aliphatic rings. The molecular formula is C27H37N3O6. The van der Waals surface area contributed by atoms with Crippen molar-refractivity contribution < 1.29 is 28.9 Å². The van der Waals surface area contributed by atoms with E-state index in [4.69, 9.17) is 19.9 Å². The molecule has 0 bridgehead atoms. The van der Waals surface area contributed by atoms with Gasteiger partial charge in [0.05, 0.1) is 36.2 Å². The average molecular weight is 500 g/mol. The van der Waals surface area contributed by atoms with E-state index in [2.05, 4.69) is 5.32 Å². The Bertz CT molecular complexity index is 1030. The second kappa shape index (κ2) is 13.2. The molecule has 2 aromatic rings. The second-order valence-corrected chi connectivity index (χ2v) is 9.13. The smallest absolute Gasteiger partial charge is 0.323 e. The van der Waals surface area contributed by atoms with Crippen LogP contribution in [-0.4, -0.2) is 63.3 Å². The van der Waals surface area contributed by atoms with Crippen LogP contribution < -0.4 is 16.0 Å². The summed E-state index contributed by atoms with van der Waals surface area (Å²) in [5.41, 5.74) is 9.54. The number of aryl methyl sites for hydroxylation is 1. The molecule has 0 aliphatic carbocycles. The number of urea groups is 1. The molecular weight excluding hydrogens is 462 g/mol. The Morgan fingerprint density at radius 2 is 1.97 bits per heavy atom. The van der Waals surface area contributed by atoms with Gasteiger partial charge in [0.2, 0.25) is 0 Å². The number of nitrogens with zero attached hydrogens (tertiary/aromatic N) is 1. The predicted molar refractivity (Wildman–Crippen MR) is 139 cm³/mol. The van der Waals surface area contributed by atoms with E-state index >= 15 is 0 Å². The van der Waals surface area contributed by atoms with E-state index in [0.29, 0.717) is 24.6 Å². The Labute approximate surface area is 212 Å². The van der Waals surface area contributed by atoms with Crippen LogP contribution in [0.3, 0.4) is 0 Å². The van der Waals surface area contributed by atoms with Gasteiger partial charge in [-0.05, 0) is 55.5 Å². The minimum Gasteiger partial charge on any atom is -0.481 e. The van der Waals surface area contributed by atoms with Crippen LogP contribution in [0.5, 0.6) is 0 Å². The Morgan fingerprint density at radius 1 is 1.19 bits per heavy atom. The number of nitrogens with one attached hydrogen (secondary N) is 1. The van der Waals surface area contributed by atoms with Gasteiger partial charge in [0.15, 0.2) is 0 Å². The summed E-state index contributed by atoms with van der Waals surface area (Å²) < 4.78 is 16.4. The highest BCUT2D eigenvalue weighted by Crippen LogP contribution is 2.38. The predicted octanol–water partition coefficient (Wildman–Crippen LogP) is 4.41. The Morgan fingerprint density at radius 3 is 2.64 bits per heavy atom. The number of benzene rings is 2. The maximum absolute atomic E-state index is 12.8. The Kier molecular flexibility index (Phi) is 10.1. The molecule has 1 saturated heterocycles. The van der Waals surface area contributed by atoms with E-state index in [0.717, 1.165) is 36.1 Å². The Balaban J connectivity index is 2.03. The van der Waals surface area contributed by atoms with Gasteiger partial charge in [-0.25, -0.2) is 4.79 Å². The number of hydrogen-bond acceptors (Lipinski definition) is 6. The molecule has 0 saturated carbocycles. The third kappa shape index (κ3) is 7.19. The highest BCUT2D eigenvalue weighted by Gasteiger charge is 2.27. The third-order valence-corrected chi connectivity index (χ3v) is 6.47. The van der Waals surface area contributed by atoms with E-state index in [1.807, 2.05) is 49.4 Å². The molecule has 9 heteroatoms. The molecule has 36 heavy (non-hydrogen) atoms. The maximum atomic E-state index is 12.8. The molecule has 0 aromatic heterocycles. The number of carboxylic acid groups (broad SMARTS) is 1. The summed E-state index contributed by atoms with van der Waals surface area (Å²) in [6.07, 6.45) is 2.42. The van der Waals surface area contributed by atoms with E-state index in [1.165, 1.54) is 4.90 Å². The van der Waals surface area contributed by atoms with Crippen LogP contribution in [0, 0.1) is 6.92 Å². The zero-order chi connectivity index (χ0) is 26.1. The van der Waals surface area contributed by atoms with Crippen LogP contribution in [0.2, 0.25) is 0 Å². The summed E-state index contributed by atoms with van der Waals surface area (Å²) in [4.78, 5) is 25.8. The Hall–Kier alpha value is -3.14. The van der Waals surface area contributed by atoms with Gasteiger partial charge in [-0.3, -0.25) is 9.69 Å². The quantitative estimate of drug-likeness (QED) is 0.395. The number of carbonyl (C=O) groups is 2. The van der Waals surface area contributed by atoms with Crippen LogP contribution in [0.25, 0.3) is 0 Å². The van der Waals surface area contributed by atoms with Gasteiger partial charge in [-0.2, -0.15) is 0 Å². The fraction of sp³-hybridized carbons (Fsp3) is 0.481. The zero-order valence-electron chi connectivity index (χ0n) is 21.2. The highest BCUT2D eigenvalue weighted by atomic mass is 16.5. The number of carboxylic acids is 1. The lowest BCUT2D eigenvalue weighted by Crippen LogP contribution is -2.36. The molecule has 1 fully saturated rings. The second-order valence-electron chi connectivity index (χ2n) is 9.13. The van der Waals surface area contributed by atoms with E-state index < -0.39 is 12.0 Å². The van der Waals surface area contributed by atoms with Crippen molar-refractivity contribution in [2.45, 2.75) is 50.7 Å². The van der Waals surface area contributed by atoms with Crippen LogP contribution in [0.1, 0.15) is 42.7 Å². The first kappa shape index (κ1) is 27.4. The first-order valence-electron chi connectivity index (χ1n) is 12.2. The van der Waals surface area contributed by atoms with E-state index in [1.54, 1.807) is 14.2 Å². The summed E-state index contributed by atoms with van der Waals surface area (Å²) in [6, 6.07) is 12.6. The molecule has 3 atom stereocenters. The lowest BCUT2D eigenvalue weighted by atomic mass is 9.94. The molecule has 2 aromatic carbocycles. The van der Waals surface area contributed by atoms with Crippen molar-refractivity contribution in [3.05, 3.63) is 53.6 Å². The van der Waals surface area contributed by atoms with Gasteiger partial charge in [0.25, 0.3) is 0 Å². The summed E-state index contributed by atoms with van der Waals surface area (Å²) in [5, 5.41) is 13.0. The van der Waals surface area contributed by atoms with E-state index in [9.17, 15) is 14.7 Å². The number of ether oxygens (including phenoxy) is 3. The topological polar surface area (TPSA) is 123 Å². The highest BCUT2D eigenvalue weighted by molar-refractivity contribution is 6.02. The number of methoxy groups -OCH3 is 2. The number of para-hydroxylation sites is 1. The lowest BCUT2D eigenvalue weighted by molar-refractivity contribution is -0.137. The van der Waals surface area contributed by atoms with Crippen molar-refractivity contribution in [1.82, 2.24) is 0 Å². The van der Waals surface area contributed by atoms with Gasteiger partial charge in [0, 0.05) is 39.4 Å². The number of amides is 2. The zero-order valence-corrected chi connectivity index (χ0v) is 21.2. The number of carbonyl (C=O) groups excluding carboxylic acids is 1. The van der Waals surface area contributed by atoms with Crippen LogP contribution in [-0.2, 0) is 19.0 Å². The first-order valence-corrected chi connectivity index (χ1v) is 12.2. The van der Waals surface area contributed by atoms with Gasteiger partial charge in [-0.1, -0.05) is 24.3 Å². The van der Waals surface area contributed by atoms with Crippen LogP contribution in [0.15, 0.2) is 42.5 Å². The SMILES string of the molecule is COCCC1CC(Nc2ccc(C(COC)CC(=O)O)cc2N(C(N)=O)c2ccccc2C)CCO1. The van der Waals surface area contributed by atoms with Crippen LogP contribution >= 0.6 is 0 Å². The van der Waals surface area contributed by atoms with Gasteiger partial charge in [0.1, 0.15) is 0 Å². The van der Waals surface area contributed by atoms with Crippen LogP contribution in [0.4, 0.5) is 21.9 Å². The van der Waals surface area contributed by atoms with Gasteiger partial charge < -0.3 is 30.4 Å². The minimum atomic E-state index is -0.921. The summed E-state index contributed by atoms with van der Waals surface area (Å²) in [5.74, 6) is -1.30.